The van der Waals surface area contributed by atoms with Crippen molar-refractivity contribution in [2.75, 3.05) is 20.3 Å². The van der Waals surface area contributed by atoms with E-state index < -0.39 is 17.4 Å². The van der Waals surface area contributed by atoms with E-state index in [9.17, 15) is 0 Å². The summed E-state index contributed by atoms with van der Waals surface area (Å²) in [7, 11) is 1.65. The Morgan fingerprint density at radius 3 is 2.13 bits per heavy atom. The van der Waals surface area contributed by atoms with E-state index in [1.807, 2.05) is 74.5 Å². The minimum Gasteiger partial charge on any atom is -0.382 e. The lowest BCUT2D eigenvalue weighted by molar-refractivity contribution is -0.399. The molecule has 0 amide bonds. The van der Waals surface area contributed by atoms with Crippen LogP contribution >= 0.6 is 0 Å². The lowest BCUT2D eigenvalue weighted by Gasteiger charge is -2.34. The highest BCUT2D eigenvalue weighted by Gasteiger charge is 2.66. The van der Waals surface area contributed by atoms with E-state index in [1.54, 1.807) is 7.11 Å². The molecule has 0 N–H and O–H groups in total. The Balaban J connectivity index is 1.47. The predicted molar refractivity (Wildman–Crippen MR) is 110 cm³/mol. The minimum atomic E-state index is -1.30. The lowest BCUT2D eigenvalue weighted by Crippen LogP contribution is -2.46. The minimum absolute atomic E-state index is 0.343. The second-order valence-corrected chi connectivity index (χ2v) is 8.39. The monoisotopic (exact) mass is 414 g/mol. The molecule has 6 heteroatoms. The molecule has 0 spiro atoms. The van der Waals surface area contributed by atoms with E-state index in [2.05, 4.69) is 0 Å². The molecule has 2 aromatic rings. The van der Waals surface area contributed by atoms with Crippen molar-refractivity contribution in [2.45, 2.75) is 56.9 Å². The van der Waals surface area contributed by atoms with Crippen molar-refractivity contribution in [3.8, 4) is 0 Å². The van der Waals surface area contributed by atoms with E-state index in [0.717, 1.165) is 11.1 Å². The van der Waals surface area contributed by atoms with Gasteiger partial charge in [-0.15, -0.1) is 0 Å². The maximum absolute atomic E-state index is 6.48. The van der Waals surface area contributed by atoms with Gasteiger partial charge in [0.15, 0.2) is 5.79 Å². The number of benzene rings is 2. The predicted octanol–water partition coefficient (Wildman–Crippen LogP) is 4.03. The van der Waals surface area contributed by atoms with Crippen LogP contribution in [0.4, 0.5) is 0 Å². The first kappa shape index (κ1) is 21.4. The Bertz CT molecular complexity index is 811. The van der Waals surface area contributed by atoms with Crippen LogP contribution in [0.3, 0.4) is 0 Å². The van der Waals surface area contributed by atoms with Crippen LogP contribution in [-0.2, 0) is 41.6 Å². The highest BCUT2D eigenvalue weighted by atomic mass is 17.0. The van der Waals surface area contributed by atoms with Gasteiger partial charge in [-0.1, -0.05) is 60.7 Å². The molecule has 4 rings (SSSR count). The van der Waals surface area contributed by atoms with Crippen LogP contribution in [0.25, 0.3) is 0 Å². The molecule has 2 fully saturated rings. The van der Waals surface area contributed by atoms with E-state index in [4.69, 9.17) is 28.4 Å². The molecule has 2 saturated heterocycles. The summed E-state index contributed by atoms with van der Waals surface area (Å²) in [6, 6.07) is 20.0. The van der Waals surface area contributed by atoms with Crippen LogP contribution in [0.1, 0.15) is 31.4 Å². The van der Waals surface area contributed by atoms with Gasteiger partial charge in [0.1, 0.15) is 11.7 Å². The van der Waals surface area contributed by atoms with E-state index in [0.29, 0.717) is 32.8 Å². The molecule has 0 aliphatic carbocycles. The lowest BCUT2D eigenvalue weighted by atomic mass is 10.0. The van der Waals surface area contributed by atoms with E-state index in [1.165, 1.54) is 0 Å². The summed E-state index contributed by atoms with van der Waals surface area (Å²) in [6.45, 7) is 5.27. The number of fused-ring (bicyclic) bond motifs is 1. The standard InChI is InChI=1S/C24H30O6/c1-22(2)28-21-14-23(17-25-3,18-26-15-19-10-6-4-7-11-19)30-24(21,29-22)27-16-20-12-8-5-9-13-20/h4-13,21H,14-18H2,1-3H3. The summed E-state index contributed by atoms with van der Waals surface area (Å²) >= 11 is 0. The first-order chi connectivity index (χ1) is 14.4. The largest absolute Gasteiger partial charge is 0.382 e. The van der Waals surface area contributed by atoms with Crippen LogP contribution in [0, 0.1) is 0 Å². The smallest absolute Gasteiger partial charge is 0.314 e. The van der Waals surface area contributed by atoms with Crippen LogP contribution in [-0.4, -0.2) is 43.8 Å². The molecule has 2 aromatic carbocycles. The molecule has 0 bridgehead atoms. The number of rotatable bonds is 9. The maximum atomic E-state index is 6.48. The third-order valence-corrected chi connectivity index (χ3v) is 5.29. The zero-order valence-electron chi connectivity index (χ0n) is 17.8. The fraction of sp³-hybridized carbons (Fsp3) is 0.500. The van der Waals surface area contributed by atoms with Gasteiger partial charge in [0, 0.05) is 13.5 Å². The van der Waals surface area contributed by atoms with Gasteiger partial charge in [0.2, 0.25) is 0 Å². The summed E-state index contributed by atoms with van der Waals surface area (Å²) in [5.41, 5.74) is 1.42. The van der Waals surface area contributed by atoms with Gasteiger partial charge in [-0.2, -0.15) is 0 Å². The number of hydrogen-bond donors (Lipinski definition) is 0. The molecule has 3 unspecified atom stereocenters. The van der Waals surface area contributed by atoms with Crippen molar-refractivity contribution in [3.05, 3.63) is 71.8 Å². The first-order valence-corrected chi connectivity index (χ1v) is 10.3. The highest BCUT2D eigenvalue weighted by Crippen LogP contribution is 2.50. The van der Waals surface area contributed by atoms with Gasteiger partial charge >= 0.3 is 5.97 Å². The summed E-state index contributed by atoms with van der Waals surface area (Å²) in [5, 5.41) is 0. The fourth-order valence-corrected chi connectivity index (χ4v) is 4.10. The number of methoxy groups -OCH3 is 1. The Labute approximate surface area is 178 Å². The molecule has 0 saturated carbocycles. The van der Waals surface area contributed by atoms with Gasteiger partial charge in [-0.05, 0) is 25.0 Å². The topological polar surface area (TPSA) is 55.4 Å². The quantitative estimate of drug-likeness (QED) is 0.618. The molecule has 0 radical (unpaired) electrons. The zero-order valence-corrected chi connectivity index (χ0v) is 17.8. The molecule has 2 heterocycles. The Hall–Kier alpha value is -1.80. The average Bonchev–Trinajstić information content (AvgIpc) is 3.13. The van der Waals surface area contributed by atoms with Gasteiger partial charge in [0.05, 0.1) is 26.4 Å². The van der Waals surface area contributed by atoms with Gasteiger partial charge in [-0.3, -0.25) is 4.74 Å². The molecule has 6 nitrogen and oxygen atoms in total. The molecule has 30 heavy (non-hydrogen) atoms. The molecule has 162 valence electrons. The van der Waals surface area contributed by atoms with Crippen molar-refractivity contribution < 1.29 is 28.4 Å². The molecule has 0 aromatic heterocycles. The van der Waals surface area contributed by atoms with Gasteiger partial charge in [0.25, 0.3) is 0 Å². The summed E-state index contributed by atoms with van der Waals surface area (Å²) in [4.78, 5) is 0. The molecular formula is C24H30O6. The van der Waals surface area contributed by atoms with Crippen LogP contribution < -0.4 is 0 Å². The van der Waals surface area contributed by atoms with Crippen LogP contribution in [0.5, 0.6) is 0 Å². The van der Waals surface area contributed by atoms with Gasteiger partial charge in [-0.25, -0.2) is 0 Å². The highest BCUT2D eigenvalue weighted by molar-refractivity contribution is 5.14. The number of hydrogen-bond acceptors (Lipinski definition) is 6. The van der Waals surface area contributed by atoms with Crippen LogP contribution in [0.2, 0.25) is 0 Å². The SMILES string of the molecule is COCC1(COCc2ccccc2)CC2OC(C)(C)OC2(OCc2ccccc2)O1. The fourth-order valence-electron chi connectivity index (χ4n) is 4.10. The first-order valence-electron chi connectivity index (χ1n) is 10.3. The van der Waals surface area contributed by atoms with Gasteiger partial charge < -0.3 is 23.7 Å². The molecule has 3 atom stereocenters. The van der Waals surface area contributed by atoms with Crippen molar-refractivity contribution in [3.63, 3.8) is 0 Å². The second kappa shape index (κ2) is 8.75. The molecular weight excluding hydrogens is 384 g/mol. The van der Waals surface area contributed by atoms with E-state index >= 15 is 0 Å². The van der Waals surface area contributed by atoms with Crippen molar-refractivity contribution >= 4 is 0 Å². The summed E-state index contributed by atoms with van der Waals surface area (Å²) < 4.78 is 36.5. The maximum Gasteiger partial charge on any atom is 0.314 e. The molecule has 2 aliphatic rings. The summed E-state index contributed by atoms with van der Waals surface area (Å²) in [6.07, 6.45) is 0.167. The third-order valence-electron chi connectivity index (χ3n) is 5.29. The Morgan fingerprint density at radius 2 is 1.50 bits per heavy atom. The summed E-state index contributed by atoms with van der Waals surface area (Å²) in [5.74, 6) is -2.10. The Morgan fingerprint density at radius 1 is 0.867 bits per heavy atom. The normalized spacial score (nSPS) is 29.8. The van der Waals surface area contributed by atoms with E-state index in [-0.39, 0.29) is 6.10 Å². The Kier molecular flexibility index (Phi) is 6.25. The van der Waals surface area contributed by atoms with Crippen molar-refractivity contribution in [1.82, 2.24) is 0 Å². The van der Waals surface area contributed by atoms with Crippen molar-refractivity contribution in [2.24, 2.45) is 0 Å². The third kappa shape index (κ3) is 4.75. The van der Waals surface area contributed by atoms with Crippen LogP contribution in [0.15, 0.2) is 60.7 Å². The average molecular weight is 414 g/mol. The van der Waals surface area contributed by atoms with Crippen molar-refractivity contribution in [1.29, 1.82) is 0 Å². The zero-order chi connectivity index (χ0) is 21.1. The molecule has 2 aliphatic heterocycles. The number of ether oxygens (including phenoxy) is 6. The second-order valence-electron chi connectivity index (χ2n) is 8.39.